The maximum absolute atomic E-state index is 11.1. The lowest BCUT2D eigenvalue weighted by Gasteiger charge is -2.22. The van der Waals surface area contributed by atoms with Crippen LogP contribution in [0.2, 0.25) is 0 Å². The van der Waals surface area contributed by atoms with Crippen molar-refractivity contribution >= 4 is 11.5 Å². The van der Waals surface area contributed by atoms with Crippen LogP contribution in [0.5, 0.6) is 0 Å². The Balaban J connectivity index is 1.84. The number of hydrogen-bond acceptors (Lipinski definition) is 2. The highest BCUT2D eigenvalue weighted by Gasteiger charge is 2.12. The van der Waals surface area contributed by atoms with Crippen LogP contribution >= 0.6 is 0 Å². The van der Waals surface area contributed by atoms with Crippen LogP contribution in [0, 0.1) is 5.92 Å². The topological polar surface area (TPSA) is 29.1 Å². The van der Waals surface area contributed by atoms with Crippen LogP contribution in [0.1, 0.15) is 49.4 Å². The minimum atomic E-state index is 0.129. The molecule has 0 aromatic heterocycles. The summed E-state index contributed by atoms with van der Waals surface area (Å²) in [4.78, 5) is 11.1. The summed E-state index contributed by atoms with van der Waals surface area (Å²) in [5.74, 6) is 0.958. The molecule has 0 bridgehead atoms. The van der Waals surface area contributed by atoms with E-state index in [4.69, 9.17) is 0 Å². The molecule has 0 atom stereocenters. The molecular formula is C15H21NO. The molecule has 1 aliphatic rings. The summed E-state index contributed by atoms with van der Waals surface area (Å²) >= 11 is 0. The van der Waals surface area contributed by atoms with Crippen molar-refractivity contribution in [3.05, 3.63) is 29.8 Å². The maximum Gasteiger partial charge on any atom is 0.159 e. The first-order valence-corrected chi connectivity index (χ1v) is 6.60. The van der Waals surface area contributed by atoms with Gasteiger partial charge in [0.15, 0.2) is 5.78 Å². The van der Waals surface area contributed by atoms with Crippen molar-refractivity contribution in [1.29, 1.82) is 0 Å². The minimum Gasteiger partial charge on any atom is -0.385 e. The van der Waals surface area contributed by atoms with Crippen molar-refractivity contribution in [1.82, 2.24) is 0 Å². The molecule has 2 rings (SSSR count). The number of anilines is 1. The largest absolute Gasteiger partial charge is 0.385 e. The van der Waals surface area contributed by atoms with Gasteiger partial charge in [0, 0.05) is 17.8 Å². The van der Waals surface area contributed by atoms with Crippen LogP contribution in [0.4, 0.5) is 5.69 Å². The molecule has 2 heteroatoms. The van der Waals surface area contributed by atoms with Gasteiger partial charge in [0.2, 0.25) is 0 Å². The molecule has 1 aromatic rings. The Kier molecular flexibility index (Phi) is 4.18. The zero-order chi connectivity index (χ0) is 12.1. The van der Waals surface area contributed by atoms with E-state index in [2.05, 4.69) is 5.32 Å². The quantitative estimate of drug-likeness (QED) is 0.797. The van der Waals surface area contributed by atoms with Gasteiger partial charge in [0.05, 0.1) is 0 Å². The van der Waals surface area contributed by atoms with Gasteiger partial charge in [-0.05, 0) is 49.9 Å². The fraction of sp³-hybridized carbons (Fsp3) is 0.533. The predicted molar refractivity (Wildman–Crippen MR) is 71.5 cm³/mol. The van der Waals surface area contributed by atoms with Gasteiger partial charge in [-0.15, -0.1) is 0 Å². The summed E-state index contributed by atoms with van der Waals surface area (Å²) in [6.45, 7) is 2.67. The smallest absolute Gasteiger partial charge is 0.159 e. The summed E-state index contributed by atoms with van der Waals surface area (Å²) in [5, 5.41) is 3.47. The molecule has 1 aliphatic carbocycles. The van der Waals surface area contributed by atoms with Gasteiger partial charge >= 0.3 is 0 Å². The molecule has 2 nitrogen and oxygen atoms in total. The third kappa shape index (κ3) is 3.58. The van der Waals surface area contributed by atoms with E-state index in [-0.39, 0.29) is 5.78 Å². The maximum atomic E-state index is 11.1. The van der Waals surface area contributed by atoms with E-state index in [9.17, 15) is 4.79 Å². The first-order chi connectivity index (χ1) is 8.25. The number of ketones is 1. The molecule has 0 saturated heterocycles. The van der Waals surface area contributed by atoms with Crippen molar-refractivity contribution in [2.45, 2.75) is 39.0 Å². The third-order valence-electron chi connectivity index (χ3n) is 3.61. The van der Waals surface area contributed by atoms with E-state index in [0.29, 0.717) is 0 Å². The first kappa shape index (κ1) is 12.2. The molecule has 0 spiro atoms. The summed E-state index contributed by atoms with van der Waals surface area (Å²) < 4.78 is 0. The van der Waals surface area contributed by atoms with Gasteiger partial charge in [-0.1, -0.05) is 19.3 Å². The molecule has 0 amide bonds. The van der Waals surface area contributed by atoms with Crippen molar-refractivity contribution in [3.63, 3.8) is 0 Å². The van der Waals surface area contributed by atoms with E-state index >= 15 is 0 Å². The molecule has 0 aliphatic heterocycles. The lowest BCUT2D eigenvalue weighted by atomic mass is 9.89. The monoisotopic (exact) mass is 231 g/mol. The molecule has 1 aromatic carbocycles. The van der Waals surface area contributed by atoms with Gasteiger partial charge in [-0.25, -0.2) is 0 Å². The van der Waals surface area contributed by atoms with Gasteiger partial charge < -0.3 is 5.32 Å². The normalized spacial score (nSPS) is 16.8. The van der Waals surface area contributed by atoms with Crippen molar-refractivity contribution in [2.75, 3.05) is 11.9 Å². The number of nitrogens with one attached hydrogen (secondary N) is 1. The minimum absolute atomic E-state index is 0.129. The second kappa shape index (κ2) is 5.85. The SMILES string of the molecule is CC(=O)c1ccc(NCC2CCCCC2)cc1. The van der Waals surface area contributed by atoms with E-state index in [0.717, 1.165) is 23.7 Å². The average molecular weight is 231 g/mol. The van der Waals surface area contributed by atoms with Crippen LogP contribution < -0.4 is 5.32 Å². The second-order valence-electron chi connectivity index (χ2n) is 5.02. The fourth-order valence-corrected chi connectivity index (χ4v) is 2.48. The summed E-state index contributed by atoms with van der Waals surface area (Å²) in [7, 11) is 0. The molecule has 1 fully saturated rings. The predicted octanol–water partition coefficient (Wildman–Crippen LogP) is 3.88. The average Bonchev–Trinajstić information content (AvgIpc) is 2.38. The fourth-order valence-electron chi connectivity index (χ4n) is 2.48. The number of carbonyl (C=O) groups excluding carboxylic acids is 1. The Morgan fingerprint density at radius 3 is 2.41 bits per heavy atom. The van der Waals surface area contributed by atoms with Crippen LogP contribution in [-0.2, 0) is 0 Å². The Hall–Kier alpha value is -1.31. The highest BCUT2D eigenvalue weighted by atomic mass is 16.1. The molecule has 0 heterocycles. The van der Waals surface area contributed by atoms with Gasteiger partial charge in [-0.3, -0.25) is 4.79 Å². The standard InChI is InChI=1S/C15H21NO/c1-12(17)14-7-9-15(10-8-14)16-11-13-5-3-2-4-6-13/h7-10,13,16H,2-6,11H2,1H3. The van der Waals surface area contributed by atoms with Crippen molar-refractivity contribution in [2.24, 2.45) is 5.92 Å². The number of carbonyl (C=O) groups is 1. The molecule has 1 saturated carbocycles. The van der Waals surface area contributed by atoms with Gasteiger partial charge in [0.25, 0.3) is 0 Å². The number of hydrogen-bond donors (Lipinski definition) is 1. The highest BCUT2D eigenvalue weighted by Crippen LogP contribution is 2.24. The van der Waals surface area contributed by atoms with Crippen molar-refractivity contribution in [3.8, 4) is 0 Å². The van der Waals surface area contributed by atoms with Crippen LogP contribution in [0.15, 0.2) is 24.3 Å². The molecule has 17 heavy (non-hydrogen) atoms. The number of benzene rings is 1. The number of rotatable bonds is 4. The van der Waals surface area contributed by atoms with Crippen LogP contribution in [-0.4, -0.2) is 12.3 Å². The molecule has 92 valence electrons. The van der Waals surface area contributed by atoms with E-state index in [1.54, 1.807) is 6.92 Å². The number of Topliss-reactive ketones (excluding diaryl/α,β-unsaturated/α-hetero) is 1. The van der Waals surface area contributed by atoms with E-state index < -0.39 is 0 Å². The molecule has 1 N–H and O–H groups in total. The van der Waals surface area contributed by atoms with E-state index in [1.165, 1.54) is 32.1 Å². The first-order valence-electron chi connectivity index (χ1n) is 6.60. The van der Waals surface area contributed by atoms with Crippen molar-refractivity contribution < 1.29 is 4.79 Å². The second-order valence-corrected chi connectivity index (χ2v) is 5.02. The zero-order valence-corrected chi connectivity index (χ0v) is 10.5. The summed E-state index contributed by atoms with van der Waals surface area (Å²) in [6, 6.07) is 7.79. The lowest BCUT2D eigenvalue weighted by Crippen LogP contribution is -2.17. The van der Waals surface area contributed by atoms with E-state index in [1.807, 2.05) is 24.3 Å². The van der Waals surface area contributed by atoms with Gasteiger partial charge in [-0.2, -0.15) is 0 Å². The summed E-state index contributed by atoms with van der Waals surface area (Å²) in [6.07, 6.45) is 6.89. The zero-order valence-electron chi connectivity index (χ0n) is 10.5. The Bertz CT molecular complexity index is 363. The summed E-state index contributed by atoms with van der Waals surface area (Å²) in [5.41, 5.74) is 1.91. The lowest BCUT2D eigenvalue weighted by molar-refractivity contribution is 0.101. The Morgan fingerprint density at radius 2 is 1.82 bits per heavy atom. The molecule has 0 radical (unpaired) electrons. The Morgan fingerprint density at radius 1 is 1.18 bits per heavy atom. The highest BCUT2D eigenvalue weighted by molar-refractivity contribution is 5.94. The van der Waals surface area contributed by atoms with Crippen LogP contribution in [0.25, 0.3) is 0 Å². The Labute approximate surface area is 103 Å². The van der Waals surface area contributed by atoms with Crippen LogP contribution in [0.3, 0.4) is 0 Å². The molecule has 0 unspecified atom stereocenters. The van der Waals surface area contributed by atoms with Gasteiger partial charge in [0.1, 0.15) is 0 Å². The molecular weight excluding hydrogens is 210 g/mol. The third-order valence-corrected chi connectivity index (χ3v) is 3.61.